The van der Waals surface area contributed by atoms with Crippen LogP contribution < -0.4 is 10.6 Å². The van der Waals surface area contributed by atoms with E-state index in [9.17, 15) is 14.7 Å². The van der Waals surface area contributed by atoms with E-state index < -0.39 is 6.10 Å². The molecule has 3 aliphatic carbocycles. The van der Waals surface area contributed by atoms with Crippen LogP contribution in [0, 0.1) is 29.1 Å². The number of carbonyl (C=O) groups is 2. The molecule has 1 aromatic rings. The van der Waals surface area contributed by atoms with Crippen molar-refractivity contribution < 1.29 is 14.7 Å². The molecule has 0 radical (unpaired) electrons. The SMILES string of the molecule is C[C@H]1[C@@H]2[C@@H](O)[C@H]([C@H](C)C(=O)NC3CC3)CC[C@@]2(C)CC[C@@H]1NC(=O)c1cncnc1. The van der Waals surface area contributed by atoms with Crippen molar-refractivity contribution in [1.29, 1.82) is 0 Å². The quantitative estimate of drug-likeness (QED) is 0.686. The van der Waals surface area contributed by atoms with Gasteiger partial charge in [0.05, 0.1) is 11.7 Å². The Labute approximate surface area is 178 Å². The summed E-state index contributed by atoms with van der Waals surface area (Å²) in [6, 6.07) is 0.320. The van der Waals surface area contributed by atoms with Gasteiger partial charge < -0.3 is 15.7 Å². The lowest BCUT2D eigenvalue weighted by Crippen LogP contribution is -2.58. The summed E-state index contributed by atoms with van der Waals surface area (Å²) in [5.41, 5.74) is 0.490. The van der Waals surface area contributed by atoms with Gasteiger partial charge in [-0.15, -0.1) is 0 Å². The molecule has 30 heavy (non-hydrogen) atoms. The lowest BCUT2D eigenvalue weighted by atomic mass is 9.51. The Bertz CT molecular complexity index is 784. The van der Waals surface area contributed by atoms with Crippen molar-refractivity contribution in [1.82, 2.24) is 20.6 Å². The van der Waals surface area contributed by atoms with Gasteiger partial charge in [-0.3, -0.25) is 9.59 Å². The number of aromatic nitrogens is 2. The van der Waals surface area contributed by atoms with Crippen LogP contribution in [0.1, 0.15) is 69.7 Å². The molecule has 0 aliphatic heterocycles. The van der Waals surface area contributed by atoms with Crippen LogP contribution in [0.5, 0.6) is 0 Å². The highest BCUT2D eigenvalue weighted by molar-refractivity contribution is 5.93. The zero-order valence-corrected chi connectivity index (χ0v) is 18.2. The fourth-order valence-electron chi connectivity index (χ4n) is 5.92. The van der Waals surface area contributed by atoms with Crippen LogP contribution in [0.4, 0.5) is 0 Å². The van der Waals surface area contributed by atoms with Crippen LogP contribution >= 0.6 is 0 Å². The zero-order chi connectivity index (χ0) is 21.5. The third-order valence-electron chi connectivity index (χ3n) is 8.01. The first-order chi connectivity index (χ1) is 14.3. The number of rotatable bonds is 5. The standard InChI is InChI=1S/C23H34N4O3/c1-13(21(29)26-16-4-5-16)17-6-8-23(3)9-7-18(14(2)19(23)20(17)28)27-22(30)15-10-24-12-25-11-15/h10-14,16-20,28H,4-9H2,1-3H3,(H,26,29)(H,27,30)/t13-,14+,17-,18-,19+,20-,23-/m0/s1. The predicted octanol–water partition coefficient (Wildman–Crippen LogP) is 2.31. The summed E-state index contributed by atoms with van der Waals surface area (Å²) in [4.78, 5) is 33.1. The van der Waals surface area contributed by atoms with E-state index in [4.69, 9.17) is 0 Å². The molecule has 3 N–H and O–H groups in total. The molecule has 4 rings (SSSR count). The minimum Gasteiger partial charge on any atom is -0.392 e. The second-order valence-electron chi connectivity index (χ2n) is 10.0. The molecule has 3 aliphatic rings. The van der Waals surface area contributed by atoms with Gasteiger partial charge in [0.1, 0.15) is 6.33 Å². The van der Waals surface area contributed by atoms with Crippen molar-refractivity contribution in [3.63, 3.8) is 0 Å². The monoisotopic (exact) mass is 414 g/mol. The van der Waals surface area contributed by atoms with Crippen molar-refractivity contribution in [2.45, 2.75) is 77.5 Å². The molecule has 2 amide bonds. The maximum absolute atomic E-state index is 12.6. The average Bonchev–Trinajstić information content (AvgIpc) is 3.54. The molecule has 3 fully saturated rings. The Kier molecular flexibility index (Phi) is 5.84. The van der Waals surface area contributed by atoms with Gasteiger partial charge in [0.15, 0.2) is 0 Å². The summed E-state index contributed by atoms with van der Waals surface area (Å²) < 4.78 is 0. The van der Waals surface area contributed by atoms with Gasteiger partial charge in [-0.05, 0) is 61.7 Å². The van der Waals surface area contributed by atoms with E-state index in [1.165, 1.54) is 18.7 Å². The molecule has 0 saturated heterocycles. The Morgan fingerprint density at radius 2 is 1.80 bits per heavy atom. The zero-order valence-electron chi connectivity index (χ0n) is 18.2. The highest BCUT2D eigenvalue weighted by atomic mass is 16.3. The van der Waals surface area contributed by atoms with Crippen LogP contribution in [0.25, 0.3) is 0 Å². The molecule has 1 aromatic heterocycles. The fraction of sp³-hybridized carbons (Fsp3) is 0.739. The number of hydrogen-bond donors (Lipinski definition) is 3. The molecule has 3 saturated carbocycles. The Balaban J connectivity index is 1.46. The highest BCUT2D eigenvalue weighted by Gasteiger charge is 2.54. The first-order valence-corrected chi connectivity index (χ1v) is 11.3. The first kappa shape index (κ1) is 21.2. The summed E-state index contributed by atoms with van der Waals surface area (Å²) >= 11 is 0. The summed E-state index contributed by atoms with van der Waals surface area (Å²) in [6.45, 7) is 6.36. The van der Waals surface area contributed by atoms with E-state index >= 15 is 0 Å². The van der Waals surface area contributed by atoms with Gasteiger partial charge in [0, 0.05) is 30.4 Å². The largest absolute Gasteiger partial charge is 0.392 e. The average molecular weight is 415 g/mol. The molecule has 0 aromatic carbocycles. The van der Waals surface area contributed by atoms with Crippen molar-refractivity contribution in [3.05, 3.63) is 24.3 Å². The molecule has 0 unspecified atom stereocenters. The van der Waals surface area contributed by atoms with Gasteiger partial charge in [0.2, 0.25) is 5.91 Å². The van der Waals surface area contributed by atoms with Crippen molar-refractivity contribution in [3.8, 4) is 0 Å². The van der Waals surface area contributed by atoms with Crippen molar-refractivity contribution in [2.75, 3.05) is 0 Å². The van der Waals surface area contributed by atoms with Crippen LogP contribution in [-0.4, -0.2) is 45.1 Å². The van der Waals surface area contributed by atoms with Crippen LogP contribution in [0.3, 0.4) is 0 Å². The highest BCUT2D eigenvalue weighted by Crippen LogP contribution is 2.55. The van der Waals surface area contributed by atoms with Gasteiger partial charge in [0.25, 0.3) is 5.91 Å². The topological polar surface area (TPSA) is 104 Å². The molecule has 7 nitrogen and oxygen atoms in total. The Hall–Kier alpha value is -2.02. The number of aliphatic hydroxyl groups excluding tert-OH is 1. The molecule has 1 heterocycles. The van der Waals surface area contributed by atoms with Crippen molar-refractivity contribution >= 4 is 11.8 Å². The third kappa shape index (κ3) is 4.09. The maximum Gasteiger partial charge on any atom is 0.254 e. The molecule has 0 spiro atoms. The summed E-state index contributed by atoms with van der Waals surface area (Å²) in [7, 11) is 0. The van der Waals surface area contributed by atoms with Gasteiger partial charge in [-0.1, -0.05) is 20.8 Å². The predicted molar refractivity (Wildman–Crippen MR) is 112 cm³/mol. The molecule has 7 atom stereocenters. The van der Waals surface area contributed by atoms with Gasteiger partial charge in [-0.25, -0.2) is 9.97 Å². The van der Waals surface area contributed by atoms with Crippen LogP contribution in [0.2, 0.25) is 0 Å². The minimum atomic E-state index is -0.543. The lowest BCUT2D eigenvalue weighted by molar-refractivity contribution is -0.142. The third-order valence-corrected chi connectivity index (χ3v) is 8.01. The summed E-state index contributed by atoms with van der Waals surface area (Å²) in [6.07, 6.45) is 9.78. The van der Waals surface area contributed by atoms with Crippen LogP contribution in [0.15, 0.2) is 18.7 Å². The van der Waals surface area contributed by atoms with E-state index in [-0.39, 0.29) is 46.9 Å². The number of nitrogens with zero attached hydrogens (tertiary/aromatic N) is 2. The smallest absolute Gasteiger partial charge is 0.254 e. The molecule has 164 valence electrons. The number of hydrogen-bond acceptors (Lipinski definition) is 5. The van der Waals surface area contributed by atoms with E-state index in [2.05, 4.69) is 34.4 Å². The lowest BCUT2D eigenvalue weighted by Gasteiger charge is -2.56. The minimum absolute atomic E-state index is 0.0141. The van der Waals surface area contributed by atoms with E-state index in [0.717, 1.165) is 38.5 Å². The van der Waals surface area contributed by atoms with Gasteiger partial charge in [-0.2, -0.15) is 0 Å². The number of aliphatic hydroxyl groups is 1. The summed E-state index contributed by atoms with van der Waals surface area (Å²) in [5, 5.41) is 17.7. The Morgan fingerprint density at radius 3 is 2.47 bits per heavy atom. The number of nitrogens with one attached hydrogen (secondary N) is 2. The van der Waals surface area contributed by atoms with E-state index in [1.54, 1.807) is 0 Å². The number of amides is 2. The van der Waals surface area contributed by atoms with Gasteiger partial charge >= 0.3 is 0 Å². The molecular formula is C23H34N4O3. The maximum atomic E-state index is 12.6. The second-order valence-corrected chi connectivity index (χ2v) is 10.0. The van der Waals surface area contributed by atoms with Crippen LogP contribution in [-0.2, 0) is 4.79 Å². The Morgan fingerprint density at radius 1 is 1.13 bits per heavy atom. The number of fused-ring (bicyclic) bond motifs is 1. The molecular weight excluding hydrogens is 380 g/mol. The molecule has 0 bridgehead atoms. The van der Waals surface area contributed by atoms with Crippen molar-refractivity contribution in [2.24, 2.45) is 29.1 Å². The fourth-order valence-corrected chi connectivity index (χ4v) is 5.92. The van der Waals surface area contributed by atoms with E-state index in [0.29, 0.717) is 11.6 Å². The second kappa shape index (κ2) is 8.25. The van der Waals surface area contributed by atoms with E-state index in [1.807, 2.05) is 6.92 Å². The normalized spacial score (nSPS) is 37.0. The summed E-state index contributed by atoms with van der Waals surface area (Å²) in [5.74, 6) is -0.167. The molecule has 7 heteroatoms. The number of carbonyl (C=O) groups excluding carboxylic acids is 2. The first-order valence-electron chi connectivity index (χ1n) is 11.3.